The van der Waals surface area contributed by atoms with Gasteiger partial charge in [-0.3, -0.25) is 4.18 Å². The molecular formula is C17H24O5S. The van der Waals surface area contributed by atoms with Crippen molar-refractivity contribution in [3.05, 3.63) is 29.8 Å². The smallest absolute Gasteiger partial charge is 0.297 e. The van der Waals surface area contributed by atoms with Crippen LogP contribution in [0.3, 0.4) is 0 Å². The van der Waals surface area contributed by atoms with Crippen LogP contribution >= 0.6 is 0 Å². The Balaban J connectivity index is 1.64. The van der Waals surface area contributed by atoms with E-state index >= 15 is 0 Å². The molecule has 5 nitrogen and oxygen atoms in total. The highest BCUT2D eigenvalue weighted by Crippen LogP contribution is 2.41. The van der Waals surface area contributed by atoms with E-state index in [4.69, 9.17) is 13.7 Å². The molecular weight excluding hydrogens is 316 g/mol. The van der Waals surface area contributed by atoms with E-state index in [1.807, 2.05) is 13.8 Å². The van der Waals surface area contributed by atoms with Gasteiger partial charge in [0.25, 0.3) is 10.1 Å². The first-order chi connectivity index (χ1) is 10.8. The summed E-state index contributed by atoms with van der Waals surface area (Å²) in [4.78, 5) is 0.165. The molecule has 2 fully saturated rings. The molecule has 0 N–H and O–H groups in total. The zero-order valence-electron chi connectivity index (χ0n) is 13.7. The van der Waals surface area contributed by atoms with Crippen molar-refractivity contribution in [3.63, 3.8) is 0 Å². The fourth-order valence-corrected chi connectivity index (χ4v) is 4.19. The maximum absolute atomic E-state index is 12.3. The molecule has 1 aliphatic carbocycles. The lowest BCUT2D eigenvalue weighted by molar-refractivity contribution is -0.205. The van der Waals surface area contributed by atoms with Gasteiger partial charge < -0.3 is 9.47 Å². The number of ether oxygens (including phenoxy) is 2. The Labute approximate surface area is 138 Å². The zero-order chi connectivity index (χ0) is 16.6. The van der Waals surface area contributed by atoms with Crippen LogP contribution in [-0.2, 0) is 23.8 Å². The predicted molar refractivity (Wildman–Crippen MR) is 85.6 cm³/mol. The number of rotatable bonds is 4. The third-order valence-corrected chi connectivity index (χ3v) is 5.80. The SMILES string of the molecule is Cc1ccc(S(=O)(=O)OC[C@]2(C)COC3(CCCCC3)O2)cc1. The molecule has 1 heterocycles. The summed E-state index contributed by atoms with van der Waals surface area (Å²) in [6.45, 7) is 4.08. The average Bonchev–Trinajstić information content (AvgIpc) is 2.84. The van der Waals surface area contributed by atoms with Crippen LogP contribution in [0.1, 0.15) is 44.6 Å². The van der Waals surface area contributed by atoms with Crippen molar-refractivity contribution in [1.82, 2.24) is 0 Å². The molecule has 0 bridgehead atoms. The molecule has 1 aliphatic heterocycles. The predicted octanol–water partition coefficient (Wildman–Crippen LogP) is 3.17. The molecule has 1 aromatic rings. The van der Waals surface area contributed by atoms with Crippen LogP contribution < -0.4 is 0 Å². The normalized spacial score (nSPS) is 27.4. The molecule has 1 atom stereocenters. The third-order valence-electron chi connectivity index (χ3n) is 4.52. The van der Waals surface area contributed by atoms with Crippen LogP contribution in [0, 0.1) is 6.92 Å². The second-order valence-corrected chi connectivity index (χ2v) is 8.46. The van der Waals surface area contributed by atoms with Gasteiger partial charge >= 0.3 is 0 Å². The first kappa shape index (κ1) is 16.9. The summed E-state index contributed by atoms with van der Waals surface area (Å²) in [5.74, 6) is -0.538. The fourth-order valence-electron chi connectivity index (χ4n) is 3.18. The number of benzene rings is 1. The van der Waals surface area contributed by atoms with E-state index < -0.39 is 21.5 Å². The first-order valence-electron chi connectivity index (χ1n) is 8.13. The van der Waals surface area contributed by atoms with E-state index in [2.05, 4.69) is 0 Å². The molecule has 0 amide bonds. The van der Waals surface area contributed by atoms with Crippen molar-refractivity contribution in [3.8, 4) is 0 Å². The van der Waals surface area contributed by atoms with Gasteiger partial charge in [0.1, 0.15) is 5.60 Å². The molecule has 6 heteroatoms. The van der Waals surface area contributed by atoms with Gasteiger partial charge in [-0.25, -0.2) is 0 Å². The van der Waals surface area contributed by atoms with Gasteiger partial charge in [-0.2, -0.15) is 8.42 Å². The standard InChI is InChI=1S/C17H24O5S/c1-14-6-8-15(9-7-14)23(18,19)21-13-16(2)12-20-17(22-16)10-4-3-5-11-17/h6-9H,3-5,10-13H2,1-2H3/t16-/m0/s1. The topological polar surface area (TPSA) is 61.8 Å². The van der Waals surface area contributed by atoms with Gasteiger partial charge in [-0.15, -0.1) is 0 Å². The van der Waals surface area contributed by atoms with Crippen molar-refractivity contribution in [1.29, 1.82) is 0 Å². The zero-order valence-corrected chi connectivity index (χ0v) is 14.5. The Morgan fingerprint density at radius 1 is 1.13 bits per heavy atom. The first-order valence-corrected chi connectivity index (χ1v) is 9.54. The van der Waals surface area contributed by atoms with E-state index in [0.717, 1.165) is 31.2 Å². The molecule has 128 valence electrons. The second-order valence-electron chi connectivity index (χ2n) is 6.84. The molecule has 1 saturated heterocycles. The maximum Gasteiger partial charge on any atom is 0.297 e. The lowest BCUT2D eigenvalue weighted by atomic mass is 9.94. The summed E-state index contributed by atoms with van der Waals surface area (Å²) < 4.78 is 41.8. The van der Waals surface area contributed by atoms with Crippen molar-refractivity contribution in [2.24, 2.45) is 0 Å². The molecule has 1 aromatic carbocycles. The Morgan fingerprint density at radius 3 is 2.43 bits per heavy atom. The molecule has 0 radical (unpaired) electrons. The Hall–Kier alpha value is -0.950. The van der Waals surface area contributed by atoms with Crippen LogP contribution in [0.15, 0.2) is 29.2 Å². The minimum absolute atomic E-state index is 0.0367. The van der Waals surface area contributed by atoms with Gasteiger partial charge in [0.2, 0.25) is 0 Å². The van der Waals surface area contributed by atoms with Crippen molar-refractivity contribution >= 4 is 10.1 Å². The Morgan fingerprint density at radius 2 is 1.78 bits per heavy atom. The van der Waals surface area contributed by atoms with E-state index in [1.54, 1.807) is 24.3 Å². The van der Waals surface area contributed by atoms with Crippen molar-refractivity contribution < 1.29 is 22.1 Å². The van der Waals surface area contributed by atoms with Gasteiger partial charge in [-0.1, -0.05) is 24.1 Å². The molecule has 0 aromatic heterocycles. The molecule has 3 rings (SSSR count). The highest BCUT2D eigenvalue weighted by atomic mass is 32.2. The number of aryl methyl sites for hydroxylation is 1. The minimum atomic E-state index is -3.78. The summed E-state index contributed by atoms with van der Waals surface area (Å²) in [5, 5.41) is 0. The maximum atomic E-state index is 12.3. The van der Waals surface area contributed by atoms with Crippen LogP contribution in [0.5, 0.6) is 0 Å². The van der Waals surface area contributed by atoms with Gasteiger partial charge in [0, 0.05) is 12.8 Å². The molecule has 0 unspecified atom stereocenters. The Bertz CT molecular complexity index is 646. The lowest BCUT2D eigenvalue weighted by Crippen LogP contribution is -2.39. The largest absolute Gasteiger partial charge is 0.347 e. The van der Waals surface area contributed by atoms with E-state index in [-0.39, 0.29) is 11.5 Å². The van der Waals surface area contributed by atoms with E-state index in [9.17, 15) is 8.42 Å². The lowest BCUT2D eigenvalue weighted by Gasteiger charge is -2.33. The second kappa shape index (κ2) is 6.16. The summed E-state index contributed by atoms with van der Waals surface area (Å²) in [5.41, 5.74) is 0.275. The third kappa shape index (κ3) is 3.76. The van der Waals surface area contributed by atoms with Crippen LogP contribution in [-0.4, -0.2) is 33.0 Å². The molecule has 23 heavy (non-hydrogen) atoms. The van der Waals surface area contributed by atoms with Crippen LogP contribution in [0.25, 0.3) is 0 Å². The van der Waals surface area contributed by atoms with Crippen molar-refractivity contribution in [2.45, 2.75) is 62.2 Å². The number of hydrogen-bond acceptors (Lipinski definition) is 5. The van der Waals surface area contributed by atoms with E-state index in [0.29, 0.717) is 6.61 Å². The number of hydrogen-bond donors (Lipinski definition) is 0. The summed E-state index contributed by atoms with van der Waals surface area (Å²) in [6.07, 6.45) is 5.10. The molecule has 2 aliphatic rings. The minimum Gasteiger partial charge on any atom is -0.347 e. The van der Waals surface area contributed by atoms with Crippen LogP contribution in [0.4, 0.5) is 0 Å². The van der Waals surface area contributed by atoms with Gasteiger partial charge in [0.05, 0.1) is 18.1 Å². The van der Waals surface area contributed by atoms with E-state index in [1.165, 1.54) is 6.42 Å². The monoisotopic (exact) mass is 340 g/mol. The molecule has 1 spiro atoms. The average molecular weight is 340 g/mol. The highest BCUT2D eigenvalue weighted by Gasteiger charge is 2.49. The summed E-state index contributed by atoms with van der Waals surface area (Å²) in [7, 11) is -3.78. The van der Waals surface area contributed by atoms with Crippen molar-refractivity contribution in [2.75, 3.05) is 13.2 Å². The molecule has 1 saturated carbocycles. The fraction of sp³-hybridized carbons (Fsp3) is 0.647. The van der Waals surface area contributed by atoms with Gasteiger partial charge in [-0.05, 0) is 38.8 Å². The summed E-state index contributed by atoms with van der Waals surface area (Å²) in [6, 6.07) is 6.62. The van der Waals surface area contributed by atoms with Gasteiger partial charge in [0.15, 0.2) is 5.79 Å². The van der Waals surface area contributed by atoms with Crippen LogP contribution in [0.2, 0.25) is 0 Å². The Kier molecular flexibility index (Phi) is 4.53. The summed E-state index contributed by atoms with van der Waals surface area (Å²) >= 11 is 0. The highest BCUT2D eigenvalue weighted by molar-refractivity contribution is 7.86. The quantitative estimate of drug-likeness (QED) is 0.788.